The van der Waals surface area contributed by atoms with E-state index in [0.29, 0.717) is 5.76 Å². The number of hydrogen-bond acceptors (Lipinski definition) is 4. The summed E-state index contributed by atoms with van der Waals surface area (Å²) >= 11 is 0. The molecule has 5 nitrogen and oxygen atoms in total. The molecule has 1 aliphatic heterocycles. The molecule has 1 amide bonds. The Morgan fingerprint density at radius 2 is 2.09 bits per heavy atom. The molecule has 1 aromatic heterocycles. The maximum Gasteiger partial charge on any atom is 0.287 e. The van der Waals surface area contributed by atoms with Gasteiger partial charge in [-0.2, -0.15) is 0 Å². The van der Waals surface area contributed by atoms with Crippen LogP contribution in [0.1, 0.15) is 55.3 Å². The van der Waals surface area contributed by atoms with Gasteiger partial charge in [-0.1, -0.05) is 6.92 Å². The maximum absolute atomic E-state index is 12.2. The van der Waals surface area contributed by atoms with E-state index < -0.39 is 0 Å². The average molecular weight is 305 g/mol. The lowest BCUT2D eigenvalue weighted by atomic mass is 9.99. The molecule has 0 radical (unpaired) electrons. The number of furan rings is 1. The molecule has 0 unspecified atom stereocenters. The Balaban J connectivity index is 1.51. The van der Waals surface area contributed by atoms with Crippen molar-refractivity contribution in [1.82, 2.24) is 10.2 Å². The molecule has 0 aromatic carbocycles. The van der Waals surface area contributed by atoms with Crippen molar-refractivity contribution in [1.29, 1.82) is 0 Å². The van der Waals surface area contributed by atoms with Gasteiger partial charge in [-0.25, -0.2) is 0 Å². The summed E-state index contributed by atoms with van der Waals surface area (Å²) in [4.78, 5) is 14.6. The molecule has 3 N–H and O–H groups in total. The van der Waals surface area contributed by atoms with Gasteiger partial charge in [0.1, 0.15) is 5.76 Å². The first kappa shape index (κ1) is 15.6. The number of piperidine rings is 1. The number of carbonyl (C=O) groups excluding carboxylic acids is 1. The van der Waals surface area contributed by atoms with Gasteiger partial charge in [0.05, 0.1) is 6.54 Å². The first-order valence-electron chi connectivity index (χ1n) is 8.47. The molecule has 2 fully saturated rings. The summed E-state index contributed by atoms with van der Waals surface area (Å²) in [6.07, 6.45) is 5.31. The normalized spacial score (nSPS) is 27.2. The summed E-state index contributed by atoms with van der Waals surface area (Å²) in [5, 5.41) is 3.02. The topological polar surface area (TPSA) is 71.5 Å². The highest BCUT2D eigenvalue weighted by atomic mass is 16.4. The van der Waals surface area contributed by atoms with Gasteiger partial charge in [0, 0.05) is 12.1 Å². The zero-order chi connectivity index (χ0) is 15.5. The molecule has 22 heavy (non-hydrogen) atoms. The molecular formula is C17H27N3O2. The molecule has 2 heterocycles. The first-order valence-corrected chi connectivity index (χ1v) is 8.47. The van der Waals surface area contributed by atoms with Gasteiger partial charge in [0.15, 0.2) is 5.76 Å². The number of likely N-dealkylation sites (tertiary alicyclic amines) is 1. The average Bonchev–Trinajstić information content (AvgIpc) is 3.11. The van der Waals surface area contributed by atoms with Crippen LogP contribution in [0.25, 0.3) is 0 Å². The third kappa shape index (κ3) is 3.90. The van der Waals surface area contributed by atoms with Crippen LogP contribution in [0, 0.1) is 5.92 Å². The lowest BCUT2D eigenvalue weighted by molar-refractivity contribution is 0.0904. The van der Waals surface area contributed by atoms with E-state index in [1.807, 2.05) is 6.07 Å². The molecule has 0 bridgehead atoms. The van der Waals surface area contributed by atoms with Gasteiger partial charge < -0.3 is 15.5 Å². The van der Waals surface area contributed by atoms with Crippen LogP contribution in [0.2, 0.25) is 0 Å². The third-order valence-corrected chi connectivity index (χ3v) is 4.95. The molecule has 3 rings (SSSR count). The Labute approximate surface area is 132 Å². The van der Waals surface area contributed by atoms with Crippen molar-refractivity contribution in [3.63, 3.8) is 0 Å². The van der Waals surface area contributed by atoms with E-state index in [2.05, 4.69) is 17.1 Å². The van der Waals surface area contributed by atoms with Gasteiger partial charge in [-0.3, -0.25) is 9.69 Å². The number of nitrogens with two attached hydrogens (primary N) is 1. The first-order chi connectivity index (χ1) is 10.6. The van der Waals surface area contributed by atoms with E-state index >= 15 is 0 Å². The fourth-order valence-corrected chi connectivity index (χ4v) is 3.43. The zero-order valence-corrected chi connectivity index (χ0v) is 13.4. The Bertz CT molecular complexity index is 506. The molecule has 1 aromatic rings. The highest BCUT2D eigenvalue weighted by molar-refractivity contribution is 5.91. The smallest absolute Gasteiger partial charge is 0.287 e. The Morgan fingerprint density at radius 3 is 2.77 bits per heavy atom. The fraction of sp³-hybridized carbons (Fsp3) is 0.706. The van der Waals surface area contributed by atoms with Crippen molar-refractivity contribution in [2.75, 3.05) is 13.1 Å². The highest BCUT2D eigenvalue weighted by Gasteiger charge is 2.25. The van der Waals surface area contributed by atoms with Gasteiger partial charge in [0.25, 0.3) is 5.91 Å². The molecule has 2 atom stereocenters. The quantitative estimate of drug-likeness (QED) is 0.894. The molecular weight excluding hydrogens is 278 g/mol. The van der Waals surface area contributed by atoms with Crippen molar-refractivity contribution in [3.8, 4) is 0 Å². The molecule has 0 spiro atoms. The van der Waals surface area contributed by atoms with Crippen molar-refractivity contribution in [3.05, 3.63) is 23.7 Å². The molecule has 1 saturated carbocycles. The summed E-state index contributed by atoms with van der Waals surface area (Å²) < 4.78 is 5.73. The predicted octanol–water partition coefficient (Wildman–Crippen LogP) is 2.12. The number of hydrogen-bond donors (Lipinski definition) is 2. The van der Waals surface area contributed by atoms with Gasteiger partial charge >= 0.3 is 0 Å². The standard InChI is InChI=1S/C17H27N3O2/c1-12-6-8-20(9-7-12)11-15-4-5-16(22-15)17(21)19-14-3-2-13(18)10-14/h4-5,12-14H,2-3,6-11,18H2,1H3,(H,19,21)/t13-,14-/m0/s1. The van der Waals surface area contributed by atoms with E-state index in [9.17, 15) is 4.79 Å². The van der Waals surface area contributed by atoms with Crippen molar-refractivity contribution in [2.45, 2.75) is 57.7 Å². The molecule has 2 aliphatic rings. The summed E-state index contributed by atoms with van der Waals surface area (Å²) in [6, 6.07) is 4.12. The van der Waals surface area contributed by atoms with Crippen LogP contribution in [0.15, 0.2) is 16.5 Å². The second kappa shape index (κ2) is 6.84. The highest BCUT2D eigenvalue weighted by Crippen LogP contribution is 2.20. The van der Waals surface area contributed by atoms with Crippen LogP contribution < -0.4 is 11.1 Å². The number of carbonyl (C=O) groups is 1. The largest absolute Gasteiger partial charge is 0.455 e. The van der Waals surface area contributed by atoms with Crippen LogP contribution in [-0.2, 0) is 6.54 Å². The maximum atomic E-state index is 12.2. The van der Waals surface area contributed by atoms with Crippen molar-refractivity contribution >= 4 is 5.91 Å². The number of nitrogens with one attached hydrogen (secondary N) is 1. The fourth-order valence-electron chi connectivity index (χ4n) is 3.43. The summed E-state index contributed by atoms with van der Waals surface area (Å²) in [5.41, 5.74) is 5.88. The van der Waals surface area contributed by atoms with Crippen molar-refractivity contribution in [2.24, 2.45) is 11.7 Å². The lowest BCUT2D eigenvalue weighted by Gasteiger charge is -2.29. The minimum atomic E-state index is -0.113. The molecule has 1 saturated heterocycles. The van der Waals surface area contributed by atoms with E-state index in [-0.39, 0.29) is 18.0 Å². The third-order valence-electron chi connectivity index (χ3n) is 4.95. The second-order valence-corrected chi connectivity index (χ2v) is 6.97. The van der Waals surface area contributed by atoms with Gasteiger partial charge in [-0.05, 0) is 63.2 Å². The monoisotopic (exact) mass is 305 g/mol. The molecule has 122 valence electrons. The lowest BCUT2D eigenvalue weighted by Crippen LogP contribution is -2.34. The van der Waals surface area contributed by atoms with Crippen molar-refractivity contribution < 1.29 is 9.21 Å². The van der Waals surface area contributed by atoms with Gasteiger partial charge in [-0.15, -0.1) is 0 Å². The van der Waals surface area contributed by atoms with Crippen LogP contribution in [0.5, 0.6) is 0 Å². The number of rotatable bonds is 4. The van der Waals surface area contributed by atoms with E-state index in [1.165, 1.54) is 12.8 Å². The van der Waals surface area contributed by atoms with E-state index in [0.717, 1.165) is 50.6 Å². The van der Waals surface area contributed by atoms with Crippen LogP contribution in [0.3, 0.4) is 0 Å². The summed E-state index contributed by atoms with van der Waals surface area (Å²) in [7, 11) is 0. The number of nitrogens with zero attached hydrogens (tertiary/aromatic N) is 1. The number of amides is 1. The van der Waals surface area contributed by atoms with Crippen LogP contribution >= 0.6 is 0 Å². The Hall–Kier alpha value is -1.33. The Morgan fingerprint density at radius 1 is 1.32 bits per heavy atom. The predicted molar refractivity (Wildman–Crippen MR) is 85.5 cm³/mol. The van der Waals surface area contributed by atoms with E-state index in [1.54, 1.807) is 6.07 Å². The Kier molecular flexibility index (Phi) is 4.84. The van der Waals surface area contributed by atoms with Gasteiger partial charge in [0.2, 0.25) is 0 Å². The summed E-state index contributed by atoms with van der Waals surface area (Å²) in [6.45, 7) is 5.34. The zero-order valence-electron chi connectivity index (χ0n) is 13.4. The molecule has 5 heteroatoms. The molecule has 1 aliphatic carbocycles. The SMILES string of the molecule is CC1CCN(Cc2ccc(C(=O)N[C@H]3CC[C@H](N)C3)o2)CC1. The second-order valence-electron chi connectivity index (χ2n) is 6.97. The summed E-state index contributed by atoms with van der Waals surface area (Å²) in [5.74, 6) is 2.01. The van der Waals surface area contributed by atoms with Crippen LogP contribution in [0.4, 0.5) is 0 Å². The van der Waals surface area contributed by atoms with E-state index in [4.69, 9.17) is 10.2 Å². The minimum absolute atomic E-state index is 0.113. The minimum Gasteiger partial charge on any atom is -0.455 e. The van der Waals surface area contributed by atoms with Crippen LogP contribution in [-0.4, -0.2) is 36.0 Å².